The topological polar surface area (TPSA) is 49.4 Å². The highest BCUT2D eigenvalue weighted by atomic mass is 16.2. The maximum Gasteiger partial charge on any atom is 0.242 e. The summed E-state index contributed by atoms with van der Waals surface area (Å²) in [5.74, 6) is -0.293. The van der Waals surface area contributed by atoms with Crippen molar-refractivity contribution in [2.24, 2.45) is 0 Å². The van der Waals surface area contributed by atoms with E-state index in [4.69, 9.17) is 0 Å². The number of likely N-dealkylation sites (N-methyl/N-ethyl adjacent to an activating group) is 1. The van der Waals surface area contributed by atoms with Gasteiger partial charge in [-0.15, -0.1) is 0 Å². The summed E-state index contributed by atoms with van der Waals surface area (Å²) in [7, 11) is 1.60. The molecule has 160 valence electrons. The lowest BCUT2D eigenvalue weighted by Gasteiger charge is -2.30. The SMILES string of the molecule is CNC(=O)[C@@H](C)N(Cc1cccc(C)c1)C(=O)CC(c1ccccc1)c1ccccc1. The van der Waals surface area contributed by atoms with Crippen molar-refractivity contribution in [2.45, 2.75) is 38.8 Å². The van der Waals surface area contributed by atoms with Crippen LogP contribution in [-0.2, 0) is 16.1 Å². The number of nitrogens with one attached hydrogen (secondary N) is 1. The predicted octanol–water partition coefficient (Wildman–Crippen LogP) is 4.68. The summed E-state index contributed by atoms with van der Waals surface area (Å²) >= 11 is 0. The molecule has 0 aromatic heterocycles. The summed E-state index contributed by atoms with van der Waals surface area (Å²) in [5, 5.41) is 2.68. The molecule has 0 heterocycles. The van der Waals surface area contributed by atoms with Crippen LogP contribution < -0.4 is 5.32 Å². The minimum atomic E-state index is -0.565. The summed E-state index contributed by atoms with van der Waals surface area (Å²) < 4.78 is 0. The molecule has 0 aliphatic rings. The third kappa shape index (κ3) is 5.82. The predicted molar refractivity (Wildman–Crippen MR) is 125 cm³/mol. The second-order valence-corrected chi connectivity index (χ2v) is 7.88. The molecule has 0 unspecified atom stereocenters. The molecule has 1 atom stereocenters. The lowest BCUT2D eigenvalue weighted by atomic mass is 9.88. The van der Waals surface area contributed by atoms with E-state index >= 15 is 0 Å². The van der Waals surface area contributed by atoms with Gasteiger partial charge in [0.25, 0.3) is 0 Å². The van der Waals surface area contributed by atoms with Crippen LogP contribution in [0.15, 0.2) is 84.9 Å². The Kier molecular flexibility index (Phi) is 7.60. The van der Waals surface area contributed by atoms with Gasteiger partial charge in [0.15, 0.2) is 0 Å². The lowest BCUT2D eigenvalue weighted by Crippen LogP contribution is -2.47. The number of hydrogen-bond donors (Lipinski definition) is 1. The van der Waals surface area contributed by atoms with Crippen LogP contribution in [-0.4, -0.2) is 29.8 Å². The zero-order valence-electron chi connectivity index (χ0n) is 18.4. The Labute approximate surface area is 184 Å². The van der Waals surface area contributed by atoms with Crippen molar-refractivity contribution in [2.75, 3.05) is 7.05 Å². The molecule has 31 heavy (non-hydrogen) atoms. The van der Waals surface area contributed by atoms with Crippen molar-refractivity contribution in [1.29, 1.82) is 0 Å². The van der Waals surface area contributed by atoms with Gasteiger partial charge in [-0.1, -0.05) is 90.5 Å². The van der Waals surface area contributed by atoms with Gasteiger partial charge in [-0.3, -0.25) is 9.59 Å². The third-order valence-corrected chi connectivity index (χ3v) is 5.63. The van der Waals surface area contributed by atoms with Crippen LogP contribution in [0.2, 0.25) is 0 Å². The molecule has 3 aromatic carbocycles. The smallest absolute Gasteiger partial charge is 0.242 e. The van der Waals surface area contributed by atoms with Crippen molar-refractivity contribution >= 4 is 11.8 Å². The van der Waals surface area contributed by atoms with Gasteiger partial charge in [-0.25, -0.2) is 0 Å². The highest BCUT2D eigenvalue weighted by Crippen LogP contribution is 2.29. The molecule has 0 bridgehead atoms. The Morgan fingerprint density at radius 3 is 1.97 bits per heavy atom. The van der Waals surface area contributed by atoms with Gasteiger partial charge < -0.3 is 10.2 Å². The van der Waals surface area contributed by atoms with Crippen LogP contribution >= 0.6 is 0 Å². The van der Waals surface area contributed by atoms with Crippen molar-refractivity contribution in [3.05, 3.63) is 107 Å². The number of rotatable bonds is 8. The maximum absolute atomic E-state index is 13.6. The van der Waals surface area contributed by atoms with Crippen molar-refractivity contribution in [3.63, 3.8) is 0 Å². The van der Waals surface area contributed by atoms with Gasteiger partial charge >= 0.3 is 0 Å². The second-order valence-electron chi connectivity index (χ2n) is 7.88. The molecule has 0 fully saturated rings. The molecular formula is C27H30N2O2. The number of carbonyl (C=O) groups excluding carboxylic acids is 2. The maximum atomic E-state index is 13.6. The van der Waals surface area contributed by atoms with Gasteiger partial charge in [0, 0.05) is 25.9 Å². The number of hydrogen-bond acceptors (Lipinski definition) is 2. The summed E-state index contributed by atoms with van der Waals surface area (Å²) in [6.45, 7) is 4.21. The zero-order valence-corrected chi connectivity index (χ0v) is 18.4. The standard InChI is InChI=1S/C27H30N2O2/c1-20-11-10-12-22(17-20)19-29(21(2)27(31)28-3)26(30)18-25(23-13-6-4-7-14-23)24-15-8-5-9-16-24/h4-17,21,25H,18-19H2,1-3H3,(H,28,31)/t21-/m1/s1. The van der Waals surface area contributed by atoms with E-state index in [1.165, 1.54) is 0 Å². The second kappa shape index (κ2) is 10.6. The molecule has 0 saturated heterocycles. The fraction of sp³-hybridized carbons (Fsp3) is 0.259. The molecule has 0 aliphatic heterocycles. The number of carbonyl (C=O) groups is 2. The van der Waals surface area contributed by atoms with Gasteiger partial charge in [0.1, 0.15) is 6.04 Å². The van der Waals surface area contributed by atoms with Crippen molar-refractivity contribution in [1.82, 2.24) is 10.2 Å². The first-order valence-corrected chi connectivity index (χ1v) is 10.7. The summed E-state index contributed by atoms with van der Waals surface area (Å²) in [4.78, 5) is 27.7. The lowest BCUT2D eigenvalue weighted by molar-refractivity contribution is -0.140. The third-order valence-electron chi connectivity index (χ3n) is 5.63. The molecule has 0 spiro atoms. The van der Waals surface area contributed by atoms with Gasteiger partial charge in [-0.2, -0.15) is 0 Å². The van der Waals surface area contributed by atoms with Crippen molar-refractivity contribution in [3.8, 4) is 0 Å². The van der Waals surface area contributed by atoms with Crippen LogP contribution in [0, 0.1) is 6.92 Å². The Morgan fingerprint density at radius 1 is 0.871 bits per heavy atom. The minimum absolute atomic E-state index is 0.0460. The highest BCUT2D eigenvalue weighted by Gasteiger charge is 2.28. The van der Waals surface area contributed by atoms with E-state index in [1.807, 2.05) is 61.5 Å². The van der Waals surface area contributed by atoms with E-state index in [2.05, 4.69) is 35.6 Å². The Bertz CT molecular complexity index is 963. The minimum Gasteiger partial charge on any atom is -0.357 e. The van der Waals surface area contributed by atoms with Crippen LogP contribution in [0.5, 0.6) is 0 Å². The number of nitrogens with zero attached hydrogens (tertiary/aromatic N) is 1. The van der Waals surface area contributed by atoms with Crippen LogP contribution in [0.25, 0.3) is 0 Å². The monoisotopic (exact) mass is 414 g/mol. The van der Waals surface area contributed by atoms with Gasteiger partial charge in [0.2, 0.25) is 11.8 Å². The average Bonchev–Trinajstić information content (AvgIpc) is 2.81. The molecule has 0 aliphatic carbocycles. The fourth-order valence-corrected chi connectivity index (χ4v) is 3.89. The largest absolute Gasteiger partial charge is 0.357 e. The zero-order chi connectivity index (χ0) is 22.2. The van der Waals surface area contributed by atoms with E-state index in [9.17, 15) is 9.59 Å². The van der Waals surface area contributed by atoms with E-state index in [0.29, 0.717) is 13.0 Å². The molecule has 3 aromatic rings. The molecule has 4 nitrogen and oxygen atoms in total. The van der Waals surface area contributed by atoms with E-state index in [1.54, 1.807) is 18.9 Å². The normalized spacial score (nSPS) is 11.7. The number of benzene rings is 3. The molecule has 0 saturated carbocycles. The highest BCUT2D eigenvalue weighted by molar-refractivity contribution is 5.87. The van der Waals surface area contributed by atoms with Gasteiger partial charge in [-0.05, 0) is 30.5 Å². The van der Waals surface area contributed by atoms with Crippen LogP contribution in [0.3, 0.4) is 0 Å². The van der Waals surface area contributed by atoms with E-state index in [0.717, 1.165) is 22.3 Å². The van der Waals surface area contributed by atoms with Crippen molar-refractivity contribution < 1.29 is 9.59 Å². The quantitative estimate of drug-likeness (QED) is 0.582. The number of amides is 2. The molecule has 3 rings (SSSR count). The molecule has 0 radical (unpaired) electrons. The Morgan fingerprint density at radius 2 is 1.45 bits per heavy atom. The summed E-state index contributed by atoms with van der Waals surface area (Å²) in [6, 6.07) is 27.6. The first kappa shape index (κ1) is 22.3. The van der Waals surface area contributed by atoms with Crippen LogP contribution in [0.4, 0.5) is 0 Å². The van der Waals surface area contributed by atoms with Crippen LogP contribution in [0.1, 0.15) is 41.5 Å². The summed E-state index contributed by atoms with van der Waals surface area (Å²) in [5.41, 5.74) is 4.32. The average molecular weight is 415 g/mol. The molecular weight excluding hydrogens is 384 g/mol. The Hall–Kier alpha value is -3.40. The fourth-order valence-electron chi connectivity index (χ4n) is 3.89. The summed E-state index contributed by atoms with van der Waals surface area (Å²) in [6.07, 6.45) is 0.293. The first-order valence-electron chi connectivity index (χ1n) is 10.7. The van der Waals surface area contributed by atoms with E-state index in [-0.39, 0.29) is 17.7 Å². The molecule has 4 heteroatoms. The number of aryl methyl sites for hydroxylation is 1. The first-order chi connectivity index (χ1) is 15.0. The Balaban J connectivity index is 1.91. The van der Waals surface area contributed by atoms with Gasteiger partial charge in [0.05, 0.1) is 0 Å². The molecule has 2 amide bonds. The van der Waals surface area contributed by atoms with E-state index < -0.39 is 6.04 Å². The molecule has 1 N–H and O–H groups in total.